The highest BCUT2D eigenvalue weighted by Crippen LogP contribution is 2.12. The number of piperazine rings is 1. The highest BCUT2D eigenvalue weighted by atomic mass is 16.4. The van der Waals surface area contributed by atoms with Gasteiger partial charge in [-0.1, -0.05) is 0 Å². The molecular weight excluding hydrogens is 248 g/mol. The van der Waals surface area contributed by atoms with Gasteiger partial charge in [0.1, 0.15) is 5.92 Å². The van der Waals surface area contributed by atoms with Gasteiger partial charge in [-0.3, -0.25) is 9.59 Å². The quantitative estimate of drug-likeness (QED) is 0.764. The number of carbonyl (C=O) groups is 2. The third-order valence-corrected chi connectivity index (χ3v) is 3.17. The second-order valence-corrected chi connectivity index (χ2v) is 4.42. The molecule has 1 aliphatic heterocycles. The van der Waals surface area contributed by atoms with Crippen LogP contribution in [0.15, 0.2) is 18.5 Å². The lowest BCUT2D eigenvalue weighted by Gasteiger charge is -2.35. The molecule has 0 saturated carbocycles. The van der Waals surface area contributed by atoms with Crippen LogP contribution in [0.1, 0.15) is 6.92 Å². The second-order valence-electron chi connectivity index (χ2n) is 4.42. The van der Waals surface area contributed by atoms with Crippen LogP contribution in [0.3, 0.4) is 0 Å². The Morgan fingerprint density at radius 2 is 1.79 bits per heavy atom. The normalized spacial score (nSPS) is 17.1. The molecule has 1 aromatic rings. The van der Waals surface area contributed by atoms with Gasteiger partial charge < -0.3 is 14.9 Å². The molecular formula is C12H16N4O3. The van der Waals surface area contributed by atoms with E-state index in [0.717, 1.165) is 0 Å². The van der Waals surface area contributed by atoms with Gasteiger partial charge in [0, 0.05) is 38.6 Å². The van der Waals surface area contributed by atoms with Crippen molar-refractivity contribution >= 4 is 17.8 Å². The van der Waals surface area contributed by atoms with Crippen LogP contribution < -0.4 is 4.90 Å². The smallest absolute Gasteiger partial charge is 0.315 e. The summed E-state index contributed by atoms with van der Waals surface area (Å²) < 4.78 is 0. The first-order valence-corrected chi connectivity index (χ1v) is 6.13. The minimum atomic E-state index is -1.08. The number of aromatic nitrogens is 2. The molecule has 1 fully saturated rings. The Labute approximate surface area is 110 Å². The Hall–Kier alpha value is -2.18. The minimum Gasteiger partial charge on any atom is -0.481 e. The van der Waals surface area contributed by atoms with E-state index in [1.807, 2.05) is 4.90 Å². The summed E-state index contributed by atoms with van der Waals surface area (Å²) in [5.74, 6) is -1.76. The third-order valence-electron chi connectivity index (χ3n) is 3.17. The molecule has 2 rings (SSSR count). The molecule has 1 N–H and O–H groups in total. The van der Waals surface area contributed by atoms with Gasteiger partial charge in [-0.2, -0.15) is 0 Å². The maximum atomic E-state index is 11.9. The van der Waals surface area contributed by atoms with Crippen LogP contribution in [0.2, 0.25) is 0 Å². The van der Waals surface area contributed by atoms with E-state index in [9.17, 15) is 9.59 Å². The van der Waals surface area contributed by atoms with Crippen LogP contribution in [-0.2, 0) is 9.59 Å². The molecule has 7 nitrogen and oxygen atoms in total. The van der Waals surface area contributed by atoms with Crippen molar-refractivity contribution in [3.63, 3.8) is 0 Å². The fourth-order valence-electron chi connectivity index (χ4n) is 1.96. The first-order chi connectivity index (χ1) is 9.09. The van der Waals surface area contributed by atoms with Crippen molar-refractivity contribution in [2.24, 2.45) is 5.92 Å². The van der Waals surface area contributed by atoms with E-state index in [1.54, 1.807) is 23.4 Å². The van der Waals surface area contributed by atoms with E-state index < -0.39 is 11.9 Å². The lowest BCUT2D eigenvalue weighted by atomic mass is 10.1. The summed E-state index contributed by atoms with van der Waals surface area (Å²) in [5.41, 5.74) is 0. The Kier molecular flexibility index (Phi) is 3.94. The monoisotopic (exact) mass is 264 g/mol. The molecule has 1 atom stereocenters. The first-order valence-electron chi connectivity index (χ1n) is 6.13. The Morgan fingerprint density at radius 3 is 2.32 bits per heavy atom. The van der Waals surface area contributed by atoms with Crippen LogP contribution in [0, 0.1) is 5.92 Å². The number of carbonyl (C=O) groups excluding carboxylic acids is 1. The van der Waals surface area contributed by atoms with Crippen LogP contribution in [0.25, 0.3) is 0 Å². The highest BCUT2D eigenvalue weighted by molar-refractivity contribution is 5.96. The van der Waals surface area contributed by atoms with Gasteiger partial charge in [-0.05, 0) is 13.0 Å². The average Bonchev–Trinajstić information content (AvgIpc) is 2.46. The zero-order chi connectivity index (χ0) is 13.8. The van der Waals surface area contributed by atoms with Crippen molar-refractivity contribution in [1.82, 2.24) is 14.9 Å². The van der Waals surface area contributed by atoms with Gasteiger partial charge in [0.25, 0.3) is 0 Å². The fraction of sp³-hybridized carbons (Fsp3) is 0.500. The summed E-state index contributed by atoms with van der Waals surface area (Å²) in [5, 5.41) is 8.84. The van der Waals surface area contributed by atoms with Crippen molar-refractivity contribution in [3.05, 3.63) is 18.5 Å². The van der Waals surface area contributed by atoms with E-state index in [2.05, 4.69) is 9.97 Å². The van der Waals surface area contributed by atoms with E-state index >= 15 is 0 Å². The molecule has 1 saturated heterocycles. The Bertz CT molecular complexity index is 457. The maximum Gasteiger partial charge on any atom is 0.315 e. The van der Waals surface area contributed by atoms with Crippen molar-refractivity contribution in [2.45, 2.75) is 6.92 Å². The van der Waals surface area contributed by atoms with Crippen molar-refractivity contribution in [1.29, 1.82) is 0 Å². The summed E-state index contributed by atoms with van der Waals surface area (Å²) in [6.07, 6.45) is 3.35. The lowest BCUT2D eigenvalue weighted by Crippen LogP contribution is -2.51. The average molecular weight is 264 g/mol. The van der Waals surface area contributed by atoms with E-state index in [-0.39, 0.29) is 5.91 Å². The molecule has 1 amide bonds. The second kappa shape index (κ2) is 5.64. The zero-order valence-electron chi connectivity index (χ0n) is 10.7. The number of nitrogens with zero attached hydrogens (tertiary/aromatic N) is 4. The molecule has 0 radical (unpaired) electrons. The van der Waals surface area contributed by atoms with Crippen LogP contribution in [-0.4, -0.2) is 58.0 Å². The SMILES string of the molecule is CC(C(=O)O)C(=O)N1CCN(c2ncccn2)CC1. The summed E-state index contributed by atoms with van der Waals surface area (Å²) >= 11 is 0. The molecule has 7 heteroatoms. The van der Waals surface area contributed by atoms with E-state index in [0.29, 0.717) is 32.1 Å². The predicted octanol–water partition coefficient (Wildman–Crippen LogP) is -0.154. The highest BCUT2D eigenvalue weighted by Gasteiger charge is 2.29. The Balaban J connectivity index is 1.93. The number of anilines is 1. The summed E-state index contributed by atoms with van der Waals surface area (Å²) in [7, 11) is 0. The molecule has 0 aromatic carbocycles. The lowest BCUT2D eigenvalue weighted by molar-refractivity contribution is -0.150. The fourth-order valence-corrected chi connectivity index (χ4v) is 1.96. The number of amides is 1. The molecule has 1 aromatic heterocycles. The number of carboxylic acids is 1. The number of hydrogen-bond acceptors (Lipinski definition) is 5. The van der Waals surface area contributed by atoms with E-state index in [1.165, 1.54) is 6.92 Å². The standard InChI is InChI=1S/C12H16N4O3/c1-9(11(18)19)10(17)15-5-7-16(8-6-15)12-13-3-2-4-14-12/h2-4,9H,5-8H2,1H3,(H,18,19). The molecule has 0 spiro atoms. The maximum absolute atomic E-state index is 11.9. The first kappa shape index (κ1) is 13.3. The summed E-state index contributed by atoms with van der Waals surface area (Å²) in [6, 6.07) is 1.75. The number of hydrogen-bond donors (Lipinski definition) is 1. The molecule has 2 heterocycles. The van der Waals surface area contributed by atoms with Crippen molar-refractivity contribution < 1.29 is 14.7 Å². The van der Waals surface area contributed by atoms with Gasteiger partial charge in [0.2, 0.25) is 11.9 Å². The van der Waals surface area contributed by atoms with Gasteiger partial charge in [0.15, 0.2) is 0 Å². The van der Waals surface area contributed by atoms with Crippen LogP contribution >= 0.6 is 0 Å². The molecule has 0 bridgehead atoms. The zero-order valence-corrected chi connectivity index (χ0v) is 10.7. The van der Waals surface area contributed by atoms with E-state index in [4.69, 9.17) is 5.11 Å². The number of carboxylic acid groups (broad SMARTS) is 1. The summed E-state index contributed by atoms with van der Waals surface area (Å²) in [6.45, 7) is 3.63. The number of rotatable bonds is 3. The van der Waals surface area contributed by atoms with Crippen molar-refractivity contribution in [3.8, 4) is 0 Å². The predicted molar refractivity (Wildman–Crippen MR) is 67.6 cm³/mol. The van der Waals surface area contributed by atoms with Crippen LogP contribution in [0.5, 0.6) is 0 Å². The third kappa shape index (κ3) is 2.98. The summed E-state index contributed by atoms with van der Waals surface area (Å²) in [4.78, 5) is 34.5. The van der Waals surface area contributed by atoms with Gasteiger partial charge in [-0.15, -0.1) is 0 Å². The Morgan fingerprint density at radius 1 is 1.21 bits per heavy atom. The molecule has 19 heavy (non-hydrogen) atoms. The van der Waals surface area contributed by atoms with Crippen LogP contribution in [0.4, 0.5) is 5.95 Å². The van der Waals surface area contributed by atoms with Gasteiger partial charge >= 0.3 is 5.97 Å². The van der Waals surface area contributed by atoms with Gasteiger partial charge in [-0.25, -0.2) is 9.97 Å². The number of aliphatic carboxylic acids is 1. The molecule has 1 unspecified atom stereocenters. The molecule has 1 aliphatic rings. The van der Waals surface area contributed by atoms with Crippen molar-refractivity contribution in [2.75, 3.05) is 31.1 Å². The largest absolute Gasteiger partial charge is 0.481 e. The minimum absolute atomic E-state index is 0.332. The molecule has 0 aliphatic carbocycles. The van der Waals surface area contributed by atoms with Gasteiger partial charge in [0.05, 0.1) is 0 Å². The topological polar surface area (TPSA) is 86.6 Å². The molecule has 102 valence electrons.